The summed E-state index contributed by atoms with van der Waals surface area (Å²) >= 11 is 5.54. The zero-order valence-corrected chi connectivity index (χ0v) is 19.8. The molecule has 5 nitrogen and oxygen atoms in total. The van der Waals surface area contributed by atoms with Crippen molar-refractivity contribution in [3.63, 3.8) is 0 Å². The summed E-state index contributed by atoms with van der Waals surface area (Å²) in [4.78, 5) is 24.7. The Balaban J connectivity index is 0.000000616. The van der Waals surface area contributed by atoms with E-state index >= 15 is 0 Å². The second kappa shape index (κ2) is 14.4. The van der Waals surface area contributed by atoms with Crippen molar-refractivity contribution in [2.24, 2.45) is 5.92 Å². The van der Waals surface area contributed by atoms with Crippen LogP contribution in [0.15, 0.2) is 78.4 Å². The predicted octanol–water partition coefficient (Wildman–Crippen LogP) is 5.42. The van der Waals surface area contributed by atoms with Gasteiger partial charge in [-0.05, 0) is 43.9 Å². The summed E-state index contributed by atoms with van der Waals surface area (Å²) in [7, 11) is 0. The van der Waals surface area contributed by atoms with Gasteiger partial charge in [0.15, 0.2) is 0 Å². The number of aliphatic carboxylic acids is 1. The summed E-state index contributed by atoms with van der Waals surface area (Å²) in [6.07, 6.45) is 10.2. The highest BCUT2D eigenvalue weighted by Gasteiger charge is 2.28. The molecule has 1 saturated heterocycles. The fraction of sp³-hybridized carbons (Fsp3) is 0.385. The smallest absolute Gasteiger partial charge is 0.335 e. The van der Waals surface area contributed by atoms with Crippen LogP contribution >= 0.6 is 11.6 Å². The van der Waals surface area contributed by atoms with Gasteiger partial charge in [-0.15, -0.1) is 0 Å². The molecule has 1 aliphatic rings. The van der Waals surface area contributed by atoms with E-state index < -0.39 is 12.1 Å². The molecule has 2 rings (SSSR count). The molecule has 1 fully saturated rings. The number of hydrogen-bond acceptors (Lipinski definition) is 3. The van der Waals surface area contributed by atoms with Gasteiger partial charge in [0.1, 0.15) is 0 Å². The van der Waals surface area contributed by atoms with E-state index in [9.17, 15) is 14.7 Å². The fourth-order valence-corrected chi connectivity index (χ4v) is 3.12. The van der Waals surface area contributed by atoms with Crippen LogP contribution in [-0.4, -0.2) is 45.7 Å². The van der Waals surface area contributed by atoms with E-state index in [1.807, 2.05) is 68.2 Å². The van der Waals surface area contributed by atoms with Crippen molar-refractivity contribution in [2.75, 3.05) is 6.54 Å². The molecule has 1 aliphatic heterocycles. The van der Waals surface area contributed by atoms with Gasteiger partial charge in [0.25, 0.3) is 0 Å². The Labute approximate surface area is 196 Å². The molecule has 2 atom stereocenters. The Hall–Kier alpha value is -2.63. The lowest BCUT2D eigenvalue weighted by atomic mass is 10.1. The lowest BCUT2D eigenvalue weighted by Crippen LogP contribution is -2.33. The molecule has 0 radical (unpaired) electrons. The molecule has 174 valence electrons. The zero-order valence-electron chi connectivity index (χ0n) is 19.1. The summed E-state index contributed by atoms with van der Waals surface area (Å²) in [5.74, 6) is -0.790. The van der Waals surface area contributed by atoms with Gasteiger partial charge < -0.3 is 15.1 Å². The maximum absolute atomic E-state index is 12.1. The normalized spacial score (nSPS) is 17.7. The second-order valence-corrected chi connectivity index (χ2v) is 8.32. The van der Waals surface area contributed by atoms with Gasteiger partial charge in [0, 0.05) is 18.0 Å². The first kappa shape index (κ1) is 27.4. The molecule has 0 aromatic heterocycles. The Morgan fingerprint density at radius 3 is 2.44 bits per heavy atom. The van der Waals surface area contributed by atoms with Gasteiger partial charge in [-0.25, -0.2) is 4.79 Å². The molecule has 1 aromatic rings. The van der Waals surface area contributed by atoms with Gasteiger partial charge in [0.05, 0.1) is 17.7 Å². The standard InChI is InChI=1S/C20H29NO4.C6H5Cl/c1-5-16(7-6-15(4)20(24)25)12-13-21-17(9-11-19(21)23)8-10-18(22)14(2)3;7-6-4-2-1-3-5-6/h5-8,10,14,17-18,22H,4,9,11-13H2,1-3H3,(H,24,25);1-5H/b7-6-,10-8+,16-5+;. The number of nitrogens with zero attached hydrogens (tertiary/aromatic N) is 1. The summed E-state index contributed by atoms with van der Waals surface area (Å²) in [5, 5.41) is 19.5. The number of allylic oxidation sites excluding steroid dienone is 2. The summed E-state index contributed by atoms with van der Waals surface area (Å²) in [5.41, 5.74) is 0.979. The van der Waals surface area contributed by atoms with Crippen LogP contribution in [-0.2, 0) is 9.59 Å². The van der Waals surface area contributed by atoms with Crippen molar-refractivity contribution in [1.82, 2.24) is 4.90 Å². The number of carboxylic acids is 1. The summed E-state index contributed by atoms with van der Waals surface area (Å²) in [6, 6.07) is 9.46. The Bertz CT molecular complexity index is 843. The van der Waals surface area contributed by atoms with Crippen molar-refractivity contribution in [1.29, 1.82) is 0 Å². The highest BCUT2D eigenvalue weighted by atomic mass is 35.5. The number of aliphatic hydroxyl groups excluding tert-OH is 1. The molecule has 1 heterocycles. The number of carboxylic acid groups (broad SMARTS) is 1. The molecule has 0 bridgehead atoms. The first-order valence-corrected chi connectivity index (χ1v) is 11.1. The molecule has 32 heavy (non-hydrogen) atoms. The van der Waals surface area contributed by atoms with Crippen LogP contribution in [0.2, 0.25) is 5.02 Å². The Morgan fingerprint density at radius 2 is 1.94 bits per heavy atom. The Morgan fingerprint density at radius 1 is 1.28 bits per heavy atom. The molecule has 0 spiro atoms. The number of hydrogen-bond donors (Lipinski definition) is 2. The fourth-order valence-electron chi connectivity index (χ4n) is 2.98. The molecule has 1 aromatic carbocycles. The number of halogens is 1. The van der Waals surface area contributed by atoms with Crippen LogP contribution in [0.5, 0.6) is 0 Å². The monoisotopic (exact) mass is 459 g/mol. The third-order valence-electron chi connectivity index (χ3n) is 5.11. The largest absolute Gasteiger partial charge is 0.478 e. The van der Waals surface area contributed by atoms with Crippen LogP contribution in [0, 0.1) is 5.92 Å². The number of benzene rings is 1. The minimum absolute atomic E-state index is 0.0111. The third kappa shape index (κ3) is 10.1. The van der Waals surface area contributed by atoms with Crippen LogP contribution < -0.4 is 0 Å². The highest BCUT2D eigenvalue weighted by Crippen LogP contribution is 2.22. The molecule has 6 heteroatoms. The van der Waals surface area contributed by atoms with E-state index in [1.54, 1.807) is 12.2 Å². The number of likely N-dealkylation sites (tertiary alicyclic amines) is 1. The van der Waals surface area contributed by atoms with E-state index in [4.69, 9.17) is 16.7 Å². The number of carbonyl (C=O) groups is 2. The van der Waals surface area contributed by atoms with Crippen molar-refractivity contribution in [3.8, 4) is 0 Å². The molecule has 2 unspecified atom stereocenters. The molecule has 0 aliphatic carbocycles. The van der Waals surface area contributed by atoms with E-state index in [2.05, 4.69) is 6.58 Å². The van der Waals surface area contributed by atoms with Crippen LogP contribution in [0.4, 0.5) is 0 Å². The van der Waals surface area contributed by atoms with Crippen molar-refractivity contribution < 1.29 is 19.8 Å². The van der Waals surface area contributed by atoms with Crippen LogP contribution in [0.25, 0.3) is 0 Å². The molecule has 1 amide bonds. The summed E-state index contributed by atoms with van der Waals surface area (Å²) in [6.45, 7) is 9.80. The number of carbonyl (C=O) groups excluding carboxylic acids is 1. The quantitative estimate of drug-likeness (QED) is 0.293. The van der Waals surface area contributed by atoms with E-state index in [1.165, 1.54) is 6.08 Å². The topological polar surface area (TPSA) is 77.8 Å². The molecule has 0 saturated carbocycles. The average molecular weight is 460 g/mol. The van der Waals surface area contributed by atoms with E-state index in [0.29, 0.717) is 19.4 Å². The van der Waals surface area contributed by atoms with Gasteiger partial charge >= 0.3 is 5.97 Å². The average Bonchev–Trinajstić information content (AvgIpc) is 3.12. The Kier molecular flexibility index (Phi) is 12.4. The molecular weight excluding hydrogens is 426 g/mol. The van der Waals surface area contributed by atoms with E-state index in [0.717, 1.165) is 17.0 Å². The van der Waals surface area contributed by atoms with Crippen molar-refractivity contribution >= 4 is 23.5 Å². The lowest BCUT2D eigenvalue weighted by molar-refractivity contribution is -0.132. The van der Waals surface area contributed by atoms with E-state index in [-0.39, 0.29) is 23.4 Å². The SMILES string of the molecule is C=C(/C=C\C(=C/C)CCN1C(=O)CCC1/C=C/C(O)C(C)C)C(=O)O.Clc1ccccc1. The van der Waals surface area contributed by atoms with Gasteiger partial charge in [0.2, 0.25) is 5.91 Å². The first-order valence-electron chi connectivity index (χ1n) is 10.8. The maximum Gasteiger partial charge on any atom is 0.335 e. The van der Waals surface area contributed by atoms with Gasteiger partial charge in [-0.1, -0.05) is 80.1 Å². The lowest BCUT2D eigenvalue weighted by Gasteiger charge is -2.23. The third-order valence-corrected chi connectivity index (χ3v) is 5.36. The first-order chi connectivity index (χ1) is 15.1. The minimum atomic E-state index is -1.05. The number of amides is 1. The zero-order chi connectivity index (χ0) is 24.1. The van der Waals surface area contributed by atoms with Crippen LogP contribution in [0.3, 0.4) is 0 Å². The second-order valence-electron chi connectivity index (χ2n) is 7.89. The maximum atomic E-state index is 12.1. The number of aliphatic hydroxyl groups is 1. The molecular formula is C26H34ClNO4. The van der Waals surface area contributed by atoms with Gasteiger partial charge in [-0.2, -0.15) is 0 Å². The highest BCUT2D eigenvalue weighted by molar-refractivity contribution is 6.30. The molecule has 2 N–H and O–H groups in total. The van der Waals surface area contributed by atoms with Crippen LogP contribution in [0.1, 0.15) is 40.0 Å². The predicted molar refractivity (Wildman–Crippen MR) is 130 cm³/mol. The number of rotatable bonds is 9. The summed E-state index contributed by atoms with van der Waals surface area (Å²) < 4.78 is 0. The van der Waals surface area contributed by atoms with Gasteiger partial charge in [-0.3, -0.25) is 4.79 Å². The minimum Gasteiger partial charge on any atom is -0.478 e. The van der Waals surface area contributed by atoms with Crippen molar-refractivity contribution in [3.05, 3.63) is 83.5 Å². The van der Waals surface area contributed by atoms with Crippen molar-refractivity contribution in [2.45, 2.75) is 52.2 Å².